The summed E-state index contributed by atoms with van der Waals surface area (Å²) in [6, 6.07) is 12.5. The smallest absolute Gasteiger partial charge is 0.0702 e. The Kier molecular flexibility index (Phi) is 5.94. The van der Waals surface area contributed by atoms with Crippen molar-refractivity contribution in [1.29, 1.82) is 0 Å². The highest BCUT2D eigenvalue weighted by molar-refractivity contribution is 5.12. The average Bonchev–Trinajstić information content (AvgIpc) is 2.56. The second-order valence-corrected chi connectivity index (χ2v) is 6.70. The number of aryl methyl sites for hydroxylation is 2. The predicted molar refractivity (Wildman–Crippen MR) is 95.7 cm³/mol. The number of hydrogen-bond acceptors (Lipinski definition) is 4. The van der Waals surface area contributed by atoms with Crippen LogP contribution in [0.3, 0.4) is 0 Å². The van der Waals surface area contributed by atoms with Crippen molar-refractivity contribution in [2.75, 3.05) is 13.2 Å². The van der Waals surface area contributed by atoms with Crippen molar-refractivity contribution in [1.82, 2.24) is 14.9 Å². The summed E-state index contributed by atoms with van der Waals surface area (Å²) in [7, 11) is 0. The van der Waals surface area contributed by atoms with Crippen LogP contribution in [0.4, 0.5) is 0 Å². The minimum atomic E-state index is 0.327. The Bertz CT molecular complexity index is 605. The van der Waals surface area contributed by atoms with Gasteiger partial charge in [0, 0.05) is 37.6 Å². The molecular weight excluding hydrogens is 298 g/mol. The third-order valence-corrected chi connectivity index (χ3v) is 4.40. The molecule has 0 aliphatic carbocycles. The fourth-order valence-corrected chi connectivity index (χ4v) is 3.26. The fourth-order valence-electron chi connectivity index (χ4n) is 3.26. The Morgan fingerprint density at radius 3 is 2.08 bits per heavy atom. The van der Waals surface area contributed by atoms with Crippen molar-refractivity contribution < 1.29 is 4.74 Å². The summed E-state index contributed by atoms with van der Waals surface area (Å²) in [5.41, 5.74) is 4.35. The lowest BCUT2D eigenvalue weighted by Crippen LogP contribution is -2.35. The van der Waals surface area contributed by atoms with Gasteiger partial charge in [-0.25, -0.2) is 0 Å². The van der Waals surface area contributed by atoms with Crippen LogP contribution >= 0.6 is 0 Å². The minimum absolute atomic E-state index is 0.327. The normalized spacial score (nSPS) is 18.0. The van der Waals surface area contributed by atoms with Gasteiger partial charge in [0.25, 0.3) is 0 Å². The Balaban J connectivity index is 1.71. The number of hydrogen-bond donors (Lipinski definition) is 0. The first-order valence-corrected chi connectivity index (χ1v) is 8.88. The molecule has 0 spiro atoms. The van der Waals surface area contributed by atoms with E-state index >= 15 is 0 Å². The highest BCUT2D eigenvalue weighted by Crippen LogP contribution is 2.17. The van der Waals surface area contributed by atoms with E-state index in [1.54, 1.807) is 0 Å². The molecule has 4 heteroatoms. The monoisotopic (exact) mass is 325 g/mol. The zero-order chi connectivity index (χ0) is 16.8. The molecule has 0 aromatic carbocycles. The third-order valence-electron chi connectivity index (χ3n) is 4.40. The molecule has 1 aliphatic heterocycles. The molecule has 24 heavy (non-hydrogen) atoms. The Morgan fingerprint density at radius 2 is 1.58 bits per heavy atom. The molecule has 0 amide bonds. The van der Waals surface area contributed by atoms with Gasteiger partial charge in [0.1, 0.15) is 0 Å². The average molecular weight is 325 g/mol. The zero-order valence-electron chi connectivity index (χ0n) is 14.7. The summed E-state index contributed by atoms with van der Waals surface area (Å²) >= 11 is 0. The maximum atomic E-state index is 5.95. The van der Waals surface area contributed by atoms with E-state index in [1.165, 1.54) is 12.8 Å². The van der Waals surface area contributed by atoms with Gasteiger partial charge in [-0.2, -0.15) is 0 Å². The van der Waals surface area contributed by atoms with Gasteiger partial charge >= 0.3 is 0 Å². The number of nitrogens with zero attached hydrogens (tertiary/aromatic N) is 3. The molecule has 1 saturated heterocycles. The summed E-state index contributed by atoms with van der Waals surface area (Å²) in [4.78, 5) is 11.7. The molecule has 2 aromatic heterocycles. The van der Waals surface area contributed by atoms with Crippen molar-refractivity contribution in [3.63, 3.8) is 0 Å². The van der Waals surface area contributed by atoms with Gasteiger partial charge in [-0.3, -0.25) is 14.9 Å². The molecule has 128 valence electrons. The Morgan fingerprint density at radius 1 is 0.958 bits per heavy atom. The van der Waals surface area contributed by atoms with Gasteiger partial charge in [0.2, 0.25) is 0 Å². The third kappa shape index (κ3) is 5.11. The first kappa shape index (κ1) is 17.1. The largest absolute Gasteiger partial charge is 0.377 e. The van der Waals surface area contributed by atoms with Crippen LogP contribution in [0.2, 0.25) is 0 Å². The van der Waals surface area contributed by atoms with Gasteiger partial charge in [-0.15, -0.1) is 0 Å². The first-order valence-electron chi connectivity index (χ1n) is 8.88. The Hall–Kier alpha value is -1.78. The molecule has 2 aromatic rings. The van der Waals surface area contributed by atoms with Crippen LogP contribution in [0.25, 0.3) is 0 Å². The second-order valence-electron chi connectivity index (χ2n) is 6.70. The summed E-state index contributed by atoms with van der Waals surface area (Å²) in [5.74, 6) is 0. The molecule has 1 atom stereocenters. The highest BCUT2D eigenvalue weighted by atomic mass is 16.5. The van der Waals surface area contributed by atoms with Crippen molar-refractivity contribution in [2.45, 2.75) is 52.3 Å². The lowest BCUT2D eigenvalue weighted by molar-refractivity contribution is -0.00912. The van der Waals surface area contributed by atoms with Crippen LogP contribution in [0.15, 0.2) is 36.4 Å². The molecule has 3 heterocycles. The maximum absolute atomic E-state index is 5.95. The molecule has 0 saturated carbocycles. The van der Waals surface area contributed by atoms with Crippen molar-refractivity contribution in [3.8, 4) is 0 Å². The van der Waals surface area contributed by atoms with E-state index in [9.17, 15) is 0 Å². The number of rotatable bonds is 6. The van der Waals surface area contributed by atoms with Crippen LogP contribution in [-0.2, 0) is 17.8 Å². The molecule has 1 fully saturated rings. The summed E-state index contributed by atoms with van der Waals surface area (Å²) in [6.45, 7) is 7.57. The van der Waals surface area contributed by atoms with E-state index in [4.69, 9.17) is 4.74 Å². The Labute approximate surface area is 144 Å². The molecular formula is C20H27N3O. The molecule has 0 bridgehead atoms. The lowest BCUT2D eigenvalue weighted by atomic mass is 10.1. The second kappa shape index (κ2) is 8.36. The van der Waals surface area contributed by atoms with Crippen LogP contribution in [0.5, 0.6) is 0 Å². The van der Waals surface area contributed by atoms with E-state index in [2.05, 4.69) is 39.1 Å². The molecule has 0 N–H and O–H groups in total. The first-order chi connectivity index (χ1) is 11.7. The predicted octanol–water partition coefficient (Wildman–Crippen LogP) is 3.66. The van der Waals surface area contributed by atoms with Gasteiger partial charge in [0.15, 0.2) is 0 Å². The van der Waals surface area contributed by atoms with Crippen LogP contribution in [-0.4, -0.2) is 34.1 Å². The standard InChI is InChI=1S/C20H27N3O/c1-16-7-5-9-18(21-16)13-23(15-20-11-3-4-12-24-20)14-19-10-6-8-17(2)22-19/h5-10,20H,3-4,11-15H2,1-2H3/t20-/m1/s1. The quantitative estimate of drug-likeness (QED) is 0.812. The minimum Gasteiger partial charge on any atom is -0.377 e. The fraction of sp³-hybridized carbons (Fsp3) is 0.500. The topological polar surface area (TPSA) is 38.2 Å². The molecule has 4 nitrogen and oxygen atoms in total. The van der Waals surface area contributed by atoms with Crippen molar-refractivity contribution >= 4 is 0 Å². The molecule has 3 rings (SSSR count). The van der Waals surface area contributed by atoms with E-state index < -0.39 is 0 Å². The van der Waals surface area contributed by atoms with Gasteiger partial charge < -0.3 is 4.74 Å². The SMILES string of the molecule is Cc1cccc(CN(Cc2cccc(C)n2)C[C@H]2CCCCO2)n1. The molecule has 1 aliphatic rings. The molecule has 0 radical (unpaired) electrons. The van der Waals surface area contributed by atoms with Crippen molar-refractivity contribution in [3.05, 3.63) is 59.2 Å². The summed E-state index contributed by atoms with van der Waals surface area (Å²) in [6.07, 6.45) is 3.94. The lowest BCUT2D eigenvalue weighted by Gasteiger charge is -2.29. The number of pyridine rings is 2. The van der Waals surface area contributed by atoms with E-state index in [1.807, 2.05) is 26.0 Å². The van der Waals surface area contributed by atoms with Crippen LogP contribution in [0.1, 0.15) is 42.0 Å². The van der Waals surface area contributed by atoms with Crippen LogP contribution < -0.4 is 0 Å². The van der Waals surface area contributed by atoms with Gasteiger partial charge in [-0.05, 0) is 57.4 Å². The molecule has 0 unspecified atom stereocenters. The van der Waals surface area contributed by atoms with Gasteiger partial charge in [0.05, 0.1) is 17.5 Å². The zero-order valence-corrected chi connectivity index (χ0v) is 14.7. The summed E-state index contributed by atoms with van der Waals surface area (Å²) < 4.78 is 5.95. The highest BCUT2D eigenvalue weighted by Gasteiger charge is 2.19. The van der Waals surface area contributed by atoms with E-state index in [0.29, 0.717) is 6.10 Å². The summed E-state index contributed by atoms with van der Waals surface area (Å²) in [5, 5.41) is 0. The number of aromatic nitrogens is 2. The van der Waals surface area contributed by atoms with E-state index in [0.717, 1.165) is 55.4 Å². The van der Waals surface area contributed by atoms with E-state index in [-0.39, 0.29) is 0 Å². The van der Waals surface area contributed by atoms with Crippen LogP contribution in [0, 0.1) is 13.8 Å². The maximum Gasteiger partial charge on any atom is 0.0702 e. The van der Waals surface area contributed by atoms with Gasteiger partial charge in [-0.1, -0.05) is 12.1 Å². The number of ether oxygens (including phenoxy) is 1. The van der Waals surface area contributed by atoms with Crippen molar-refractivity contribution in [2.24, 2.45) is 0 Å².